The lowest BCUT2D eigenvalue weighted by atomic mass is 9.84. The third-order valence-corrected chi connectivity index (χ3v) is 4.54. The van der Waals surface area contributed by atoms with Crippen molar-refractivity contribution >= 4 is 5.78 Å². The number of methoxy groups -OCH3 is 1. The highest BCUT2D eigenvalue weighted by molar-refractivity contribution is 6.11. The Morgan fingerprint density at radius 1 is 1.00 bits per heavy atom. The summed E-state index contributed by atoms with van der Waals surface area (Å²) in [5.41, 5.74) is 4.61. The van der Waals surface area contributed by atoms with Crippen LogP contribution in [0.3, 0.4) is 0 Å². The summed E-state index contributed by atoms with van der Waals surface area (Å²) in [6, 6.07) is 7.47. The van der Waals surface area contributed by atoms with E-state index < -0.39 is 0 Å². The van der Waals surface area contributed by atoms with Gasteiger partial charge in [-0.2, -0.15) is 0 Å². The van der Waals surface area contributed by atoms with Crippen molar-refractivity contribution in [2.75, 3.05) is 7.11 Å². The van der Waals surface area contributed by atoms with E-state index in [0.29, 0.717) is 0 Å². The maximum atomic E-state index is 12.9. The molecule has 21 heavy (non-hydrogen) atoms. The van der Waals surface area contributed by atoms with Crippen LogP contribution in [0.2, 0.25) is 0 Å². The third kappa shape index (κ3) is 2.94. The number of carbonyl (C=O) groups excluding carboxylic acids is 1. The van der Waals surface area contributed by atoms with Crippen LogP contribution in [0, 0.1) is 0 Å². The van der Waals surface area contributed by atoms with Gasteiger partial charge in [0.15, 0.2) is 5.78 Å². The second kappa shape index (κ2) is 6.30. The average Bonchev–Trinajstić information content (AvgIpc) is 2.77. The van der Waals surface area contributed by atoms with Crippen LogP contribution in [-0.2, 0) is 0 Å². The van der Waals surface area contributed by atoms with Crippen LogP contribution >= 0.6 is 0 Å². The molecule has 0 aliphatic heterocycles. The maximum absolute atomic E-state index is 12.9. The average molecular weight is 282 g/mol. The summed E-state index contributed by atoms with van der Waals surface area (Å²) in [7, 11) is 1.64. The van der Waals surface area contributed by atoms with E-state index in [1.165, 1.54) is 43.3 Å². The predicted octanol–water partition coefficient (Wildman–Crippen LogP) is 4.86. The van der Waals surface area contributed by atoms with Crippen LogP contribution in [0.15, 0.2) is 47.1 Å². The largest absolute Gasteiger partial charge is 0.497 e. The summed E-state index contributed by atoms with van der Waals surface area (Å²) in [4.78, 5) is 12.9. The summed E-state index contributed by atoms with van der Waals surface area (Å²) >= 11 is 0. The predicted molar refractivity (Wildman–Crippen MR) is 84.8 cm³/mol. The lowest BCUT2D eigenvalue weighted by Gasteiger charge is -2.20. The second-order valence-electron chi connectivity index (χ2n) is 5.86. The Balaban J connectivity index is 1.92. The quantitative estimate of drug-likeness (QED) is 0.740. The number of Topliss-reactive ketones (excluding diaryl/α,β-unsaturated/α-hetero) is 1. The molecule has 0 spiro atoms. The van der Waals surface area contributed by atoms with Crippen molar-refractivity contribution < 1.29 is 9.53 Å². The van der Waals surface area contributed by atoms with Crippen LogP contribution in [0.25, 0.3) is 0 Å². The lowest BCUT2D eigenvalue weighted by molar-refractivity contribution is 0.103. The fraction of sp³-hybridized carbons (Fsp3) is 0.421. The van der Waals surface area contributed by atoms with Crippen LogP contribution < -0.4 is 4.74 Å². The molecule has 0 radical (unpaired) electrons. The standard InChI is InChI=1S/C19H22O2/c1-21-16-12-10-15(11-13-16)19(20)18-9-5-3-7-14-6-2-4-8-17(14)18/h9-13H,2-8H2,1H3. The molecule has 110 valence electrons. The van der Waals surface area contributed by atoms with Crippen molar-refractivity contribution in [2.45, 2.75) is 44.9 Å². The normalized spacial score (nSPS) is 18.6. The molecule has 0 amide bonds. The number of ketones is 1. The van der Waals surface area contributed by atoms with E-state index in [-0.39, 0.29) is 5.78 Å². The van der Waals surface area contributed by atoms with Gasteiger partial charge in [-0.15, -0.1) is 0 Å². The minimum Gasteiger partial charge on any atom is -0.497 e. The summed E-state index contributed by atoms with van der Waals surface area (Å²) in [5.74, 6) is 0.966. The van der Waals surface area contributed by atoms with Gasteiger partial charge < -0.3 is 4.74 Å². The highest BCUT2D eigenvalue weighted by atomic mass is 16.5. The Labute approximate surface area is 126 Å². The Kier molecular flexibility index (Phi) is 4.23. The molecule has 0 saturated heterocycles. The molecule has 0 aromatic heterocycles. The molecule has 3 rings (SSSR count). The number of hydrogen-bond donors (Lipinski definition) is 0. The van der Waals surface area contributed by atoms with Crippen LogP contribution in [-0.4, -0.2) is 12.9 Å². The highest BCUT2D eigenvalue weighted by Gasteiger charge is 2.23. The van der Waals surface area contributed by atoms with Gasteiger partial charge in [0.05, 0.1) is 7.11 Å². The zero-order valence-corrected chi connectivity index (χ0v) is 12.7. The molecule has 2 aliphatic rings. The molecule has 2 aliphatic carbocycles. The third-order valence-electron chi connectivity index (χ3n) is 4.54. The van der Waals surface area contributed by atoms with Crippen molar-refractivity contribution in [1.29, 1.82) is 0 Å². The van der Waals surface area contributed by atoms with Crippen molar-refractivity contribution in [3.8, 4) is 5.75 Å². The van der Waals surface area contributed by atoms with Crippen molar-refractivity contribution in [1.82, 2.24) is 0 Å². The van der Waals surface area contributed by atoms with Gasteiger partial charge in [-0.05, 0) is 74.8 Å². The van der Waals surface area contributed by atoms with E-state index in [4.69, 9.17) is 4.74 Å². The van der Waals surface area contributed by atoms with Crippen molar-refractivity contribution in [2.24, 2.45) is 0 Å². The van der Waals surface area contributed by atoms with Gasteiger partial charge >= 0.3 is 0 Å². The Morgan fingerprint density at radius 3 is 2.48 bits per heavy atom. The number of allylic oxidation sites excluding steroid dienone is 4. The first-order chi connectivity index (χ1) is 10.3. The summed E-state index contributed by atoms with van der Waals surface area (Å²) in [6.07, 6.45) is 10.3. The molecule has 0 heterocycles. The molecule has 2 nitrogen and oxygen atoms in total. The minimum atomic E-state index is 0.175. The molecule has 1 aromatic carbocycles. The van der Waals surface area contributed by atoms with Gasteiger partial charge in [-0.25, -0.2) is 0 Å². The second-order valence-corrected chi connectivity index (χ2v) is 5.86. The van der Waals surface area contributed by atoms with E-state index in [1.807, 2.05) is 24.3 Å². The van der Waals surface area contributed by atoms with Crippen LogP contribution in [0.5, 0.6) is 5.75 Å². The summed E-state index contributed by atoms with van der Waals surface area (Å²) in [6.45, 7) is 0. The van der Waals surface area contributed by atoms with Crippen molar-refractivity contribution in [3.05, 3.63) is 52.6 Å². The van der Waals surface area contributed by atoms with Gasteiger partial charge in [0.25, 0.3) is 0 Å². The fourth-order valence-electron chi connectivity index (χ4n) is 3.38. The fourth-order valence-corrected chi connectivity index (χ4v) is 3.38. The molecule has 2 heteroatoms. The Hall–Kier alpha value is -1.83. The number of ether oxygens (including phenoxy) is 1. The first kappa shape index (κ1) is 14.1. The monoisotopic (exact) mass is 282 g/mol. The lowest BCUT2D eigenvalue weighted by Crippen LogP contribution is -2.10. The molecule has 0 saturated carbocycles. The molecule has 0 N–H and O–H groups in total. The molecule has 0 atom stereocenters. The molecule has 0 bridgehead atoms. The van der Waals surface area contributed by atoms with E-state index >= 15 is 0 Å². The zero-order chi connectivity index (χ0) is 14.7. The molecular weight excluding hydrogens is 260 g/mol. The topological polar surface area (TPSA) is 26.3 Å². The van der Waals surface area contributed by atoms with Crippen LogP contribution in [0.4, 0.5) is 0 Å². The molecule has 0 unspecified atom stereocenters. The SMILES string of the molecule is COc1ccc(C(=O)C2=CCCCC3=C2CCCC3)cc1. The summed E-state index contributed by atoms with van der Waals surface area (Å²) < 4.78 is 5.17. The van der Waals surface area contributed by atoms with E-state index in [0.717, 1.165) is 29.7 Å². The van der Waals surface area contributed by atoms with Gasteiger partial charge in [0, 0.05) is 11.1 Å². The minimum absolute atomic E-state index is 0.175. The number of benzene rings is 1. The van der Waals surface area contributed by atoms with Crippen LogP contribution in [0.1, 0.15) is 55.3 Å². The number of rotatable bonds is 3. The Bertz CT molecular complexity index is 590. The highest BCUT2D eigenvalue weighted by Crippen LogP contribution is 2.36. The zero-order valence-electron chi connectivity index (χ0n) is 12.7. The van der Waals surface area contributed by atoms with E-state index in [1.54, 1.807) is 7.11 Å². The molecule has 0 fully saturated rings. The van der Waals surface area contributed by atoms with Gasteiger partial charge in [-0.1, -0.05) is 11.6 Å². The number of hydrogen-bond acceptors (Lipinski definition) is 2. The van der Waals surface area contributed by atoms with Gasteiger partial charge in [0.2, 0.25) is 0 Å². The smallest absolute Gasteiger partial charge is 0.192 e. The number of carbonyl (C=O) groups is 1. The molecule has 1 aromatic rings. The first-order valence-corrected chi connectivity index (χ1v) is 7.90. The molecular formula is C19H22O2. The Morgan fingerprint density at radius 2 is 1.71 bits per heavy atom. The first-order valence-electron chi connectivity index (χ1n) is 7.90. The van der Waals surface area contributed by atoms with E-state index in [2.05, 4.69) is 6.08 Å². The summed E-state index contributed by atoms with van der Waals surface area (Å²) in [5, 5.41) is 0. The van der Waals surface area contributed by atoms with Crippen molar-refractivity contribution in [3.63, 3.8) is 0 Å². The van der Waals surface area contributed by atoms with Gasteiger partial charge in [-0.3, -0.25) is 4.79 Å². The van der Waals surface area contributed by atoms with Gasteiger partial charge in [0.1, 0.15) is 5.75 Å². The maximum Gasteiger partial charge on any atom is 0.192 e. The van der Waals surface area contributed by atoms with E-state index in [9.17, 15) is 4.79 Å².